The zero-order valence-electron chi connectivity index (χ0n) is 20.9. The molecule has 0 spiro atoms. The number of benzene rings is 1. The number of hydrogen-bond acceptors (Lipinski definition) is 5. The first-order valence-corrected chi connectivity index (χ1v) is 12.7. The summed E-state index contributed by atoms with van der Waals surface area (Å²) in [5.41, 5.74) is 0.00145. The quantitative estimate of drug-likeness (QED) is 0.530. The molecule has 1 heterocycles. The summed E-state index contributed by atoms with van der Waals surface area (Å²) in [4.78, 5) is 25.5. The van der Waals surface area contributed by atoms with Crippen LogP contribution in [0.2, 0.25) is 0 Å². The molecule has 1 aromatic heterocycles. The van der Waals surface area contributed by atoms with E-state index in [0.717, 1.165) is 25.7 Å². The second-order valence-electron chi connectivity index (χ2n) is 10.6. The molecule has 0 radical (unpaired) electrons. The van der Waals surface area contributed by atoms with Crippen molar-refractivity contribution < 1.29 is 23.8 Å². The molecule has 2 aliphatic carbocycles. The molecular weight excluding hydrogens is 444 g/mol. The first kappa shape index (κ1) is 25.3. The summed E-state index contributed by atoms with van der Waals surface area (Å²) in [5.74, 6) is 0.812. The molecule has 2 aromatic rings. The van der Waals surface area contributed by atoms with Crippen LogP contribution in [0.3, 0.4) is 0 Å². The Balaban J connectivity index is 1.36. The number of carbonyl (C=O) groups is 2. The summed E-state index contributed by atoms with van der Waals surface area (Å²) < 4.78 is 10.9. The average Bonchev–Trinajstić information content (AvgIpc) is 3.37. The molecule has 2 amide bonds. The number of para-hydroxylation sites is 1. The molecule has 2 fully saturated rings. The number of aliphatic hydroxyl groups is 1. The predicted molar refractivity (Wildman–Crippen MR) is 132 cm³/mol. The van der Waals surface area contributed by atoms with Gasteiger partial charge in [0.05, 0.1) is 18.9 Å². The van der Waals surface area contributed by atoms with Crippen molar-refractivity contribution >= 4 is 11.8 Å². The molecule has 35 heavy (non-hydrogen) atoms. The Bertz CT molecular complexity index is 978. The number of nitrogens with one attached hydrogen (secondary N) is 2. The molecule has 2 aliphatic rings. The molecule has 0 unspecified atom stereocenters. The van der Waals surface area contributed by atoms with E-state index < -0.39 is 6.10 Å². The predicted octanol–water partition coefficient (Wildman–Crippen LogP) is 3.92. The lowest BCUT2D eigenvalue weighted by Crippen LogP contribution is -2.58. The second-order valence-corrected chi connectivity index (χ2v) is 10.6. The van der Waals surface area contributed by atoms with Gasteiger partial charge in [0, 0.05) is 12.0 Å². The van der Waals surface area contributed by atoms with Crippen LogP contribution in [-0.4, -0.2) is 35.7 Å². The van der Waals surface area contributed by atoms with Gasteiger partial charge >= 0.3 is 0 Å². The Morgan fingerprint density at radius 3 is 2.63 bits per heavy atom. The highest BCUT2D eigenvalue weighted by atomic mass is 16.5. The van der Waals surface area contributed by atoms with Gasteiger partial charge in [0.15, 0.2) is 6.61 Å². The van der Waals surface area contributed by atoms with Gasteiger partial charge < -0.3 is 24.9 Å². The Morgan fingerprint density at radius 1 is 1.17 bits per heavy atom. The fourth-order valence-corrected chi connectivity index (χ4v) is 6.35. The fourth-order valence-electron chi connectivity index (χ4n) is 6.35. The number of ether oxygens (including phenoxy) is 1. The molecule has 3 N–H and O–H groups in total. The van der Waals surface area contributed by atoms with Crippen molar-refractivity contribution in [2.24, 2.45) is 29.1 Å². The molecule has 4 rings (SSSR count). The Labute approximate surface area is 207 Å². The molecule has 190 valence electrons. The van der Waals surface area contributed by atoms with E-state index in [-0.39, 0.29) is 53.5 Å². The van der Waals surface area contributed by atoms with Crippen LogP contribution in [-0.2, 0) is 16.1 Å². The number of aliphatic hydroxyl groups excluding tert-OH is 1. The summed E-state index contributed by atoms with van der Waals surface area (Å²) >= 11 is 0. The van der Waals surface area contributed by atoms with Gasteiger partial charge in [-0.05, 0) is 73.1 Å². The summed E-state index contributed by atoms with van der Waals surface area (Å²) in [6.45, 7) is 6.59. The van der Waals surface area contributed by atoms with Crippen molar-refractivity contribution in [2.45, 2.75) is 65.1 Å². The minimum absolute atomic E-state index is 0.00145. The van der Waals surface area contributed by atoms with Crippen molar-refractivity contribution in [1.29, 1.82) is 0 Å². The highest BCUT2D eigenvalue weighted by Gasteiger charge is 2.53. The lowest BCUT2D eigenvalue weighted by atomic mass is 9.51. The van der Waals surface area contributed by atoms with Crippen LogP contribution in [0.1, 0.15) is 52.2 Å². The van der Waals surface area contributed by atoms with Gasteiger partial charge in [0.1, 0.15) is 11.5 Å². The van der Waals surface area contributed by atoms with Crippen LogP contribution < -0.4 is 15.4 Å². The van der Waals surface area contributed by atoms with Gasteiger partial charge in [-0.3, -0.25) is 9.59 Å². The summed E-state index contributed by atoms with van der Waals surface area (Å²) in [6, 6.07) is 12.9. The third-order valence-electron chi connectivity index (χ3n) is 8.42. The van der Waals surface area contributed by atoms with Gasteiger partial charge in [0.2, 0.25) is 5.91 Å². The van der Waals surface area contributed by atoms with Crippen LogP contribution in [0.4, 0.5) is 0 Å². The monoisotopic (exact) mass is 482 g/mol. The topological polar surface area (TPSA) is 101 Å². The van der Waals surface area contributed by atoms with E-state index in [1.165, 1.54) is 0 Å². The van der Waals surface area contributed by atoms with Crippen molar-refractivity contribution in [2.75, 3.05) is 6.61 Å². The molecule has 7 nitrogen and oxygen atoms in total. The number of furan rings is 1. The highest BCUT2D eigenvalue weighted by molar-refractivity contribution is 5.78. The van der Waals surface area contributed by atoms with E-state index in [1.54, 1.807) is 12.3 Å². The van der Waals surface area contributed by atoms with E-state index in [4.69, 9.17) is 9.15 Å². The number of carbonyl (C=O) groups excluding carboxylic acids is 2. The molecule has 7 heteroatoms. The van der Waals surface area contributed by atoms with Crippen LogP contribution in [0.15, 0.2) is 53.1 Å². The molecular formula is C28H38N2O5. The summed E-state index contributed by atoms with van der Waals surface area (Å²) in [5, 5.41) is 17.6. The van der Waals surface area contributed by atoms with Crippen molar-refractivity contribution in [3.8, 4) is 5.75 Å². The SMILES string of the molecule is C[C@@H]1[C@@H]2[C@@H](O)[C@@H]([C@H](C)C(=O)NCc3ccco3)CC[C@]2(C)CC[C@@H]1NC(=O)COc1ccccc1. The van der Waals surface area contributed by atoms with Crippen LogP contribution in [0.5, 0.6) is 5.75 Å². The lowest BCUT2D eigenvalue weighted by Gasteiger charge is -2.56. The van der Waals surface area contributed by atoms with Crippen molar-refractivity contribution in [1.82, 2.24) is 10.6 Å². The first-order valence-electron chi connectivity index (χ1n) is 12.7. The van der Waals surface area contributed by atoms with E-state index in [2.05, 4.69) is 24.5 Å². The van der Waals surface area contributed by atoms with Crippen LogP contribution >= 0.6 is 0 Å². The number of fused-ring (bicyclic) bond motifs is 1. The first-order chi connectivity index (χ1) is 16.8. The van der Waals surface area contributed by atoms with Crippen LogP contribution in [0, 0.1) is 29.1 Å². The molecule has 0 bridgehead atoms. The summed E-state index contributed by atoms with van der Waals surface area (Å²) in [6.07, 6.45) is 4.59. The third kappa shape index (κ3) is 5.72. The molecule has 2 saturated carbocycles. The largest absolute Gasteiger partial charge is 0.484 e. The van der Waals surface area contributed by atoms with E-state index in [1.807, 2.05) is 43.3 Å². The standard InChI is InChI=1S/C28H38N2O5/c1-18(27(33)29-16-21-10-7-15-34-21)22-11-13-28(3)14-12-23(19(2)25(28)26(22)32)30-24(31)17-35-20-8-5-4-6-9-20/h4-10,15,18-19,22-23,25-26,32H,11-14,16-17H2,1-3H3,(H,29,33)(H,30,31)/t18-,19-,22+,23-,25+,26-,28+/m0/s1. The van der Waals surface area contributed by atoms with Crippen molar-refractivity contribution in [3.63, 3.8) is 0 Å². The normalized spacial score (nSPS) is 31.1. The van der Waals surface area contributed by atoms with E-state index >= 15 is 0 Å². The molecule has 0 aliphatic heterocycles. The number of hydrogen-bond donors (Lipinski definition) is 3. The van der Waals surface area contributed by atoms with Gasteiger partial charge in [-0.1, -0.05) is 39.0 Å². The van der Waals surface area contributed by atoms with Crippen molar-refractivity contribution in [3.05, 3.63) is 54.5 Å². The molecule has 1 aromatic carbocycles. The zero-order valence-corrected chi connectivity index (χ0v) is 20.9. The molecule has 7 atom stereocenters. The van der Waals surface area contributed by atoms with Crippen LogP contribution in [0.25, 0.3) is 0 Å². The van der Waals surface area contributed by atoms with E-state index in [0.29, 0.717) is 18.1 Å². The van der Waals surface area contributed by atoms with Gasteiger partial charge in [-0.25, -0.2) is 0 Å². The number of rotatable bonds is 8. The molecule has 0 saturated heterocycles. The Kier molecular flexibility index (Phi) is 7.85. The zero-order chi connectivity index (χ0) is 25.0. The van der Waals surface area contributed by atoms with E-state index in [9.17, 15) is 14.7 Å². The highest BCUT2D eigenvalue weighted by Crippen LogP contribution is 2.55. The average molecular weight is 483 g/mol. The van der Waals surface area contributed by atoms with Gasteiger partial charge in [-0.15, -0.1) is 0 Å². The maximum absolute atomic E-state index is 12.9. The van der Waals surface area contributed by atoms with Gasteiger partial charge in [0.25, 0.3) is 5.91 Å². The Hall–Kier alpha value is -2.80. The second kappa shape index (κ2) is 10.9. The maximum Gasteiger partial charge on any atom is 0.258 e. The summed E-state index contributed by atoms with van der Waals surface area (Å²) in [7, 11) is 0. The number of amides is 2. The smallest absolute Gasteiger partial charge is 0.258 e. The van der Waals surface area contributed by atoms with Gasteiger partial charge in [-0.2, -0.15) is 0 Å². The fraction of sp³-hybridized carbons (Fsp3) is 0.571. The third-order valence-corrected chi connectivity index (χ3v) is 8.42. The maximum atomic E-state index is 12.9. The minimum Gasteiger partial charge on any atom is -0.484 e. The minimum atomic E-state index is -0.603. The Morgan fingerprint density at radius 2 is 1.91 bits per heavy atom. The lowest BCUT2D eigenvalue weighted by molar-refractivity contribution is -0.144.